The third-order valence-electron chi connectivity index (χ3n) is 2.78. The van der Waals surface area contributed by atoms with Crippen molar-refractivity contribution in [1.29, 1.82) is 0 Å². The van der Waals surface area contributed by atoms with Crippen LogP contribution in [0.3, 0.4) is 0 Å². The number of nitrogens with one attached hydrogen (secondary N) is 1. The van der Waals surface area contributed by atoms with Crippen molar-refractivity contribution in [2.75, 3.05) is 11.9 Å². The fourth-order valence-electron chi connectivity index (χ4n) is 1.76. The summed E-state index contributed by atoms with van der Waals surface area (Å²) in [4.78, 5) is 16.8. The van der Waals surface area contributed by atoms with Crippen LogP contribution in [0, 0.1) is 0 Å². The summed E-state index contributed by atoms with van der Waals surface area (Å²) in [5.74, 6) is -0.0675. The van der Waals surface area contributed by atoms with Gasteiger partial charge in [-0.3, -0.25) is 4.79 Å². The van der Waals surface area contributed by atoms with Gasteiger partial charge in [0.2, 0.25) is 5.91 Å². The minimum absolute atomic E-state index is 0.0675. The van der Waals surface area contributed by atoms with Crippen LogP contribution >= 0.6 is 34.5 Å². The first-order valence-corrected chi connectivity index (χ1v) is 8.04. The molecule has 0 bridgehead atoms. The van der Waals surface area contributed by atoms with Gasteiger partial charge in [-0.25, -0.2) is 4.98 Å². The Morgan fingerprint density at radius 2 is 2.19 bits per heavy atom. The number of halogens is 2. The molecule has 0 unspecified atom stereocenters. The molecule has 2 rings (SSSR count). The summed E-state index contributed by atoms with van der Waals surface area (Å²) in [6.07, 6.45) is 3.45. The number of hydrogen-bond donors (Lipinski definition) is 2. The molecule has 0 saturated carbocycles. The Morgan fingerprint density at radius 3 is 2.95 bits per heavy atom. The third kappa shape index (κ3) is 4.97. The maximum atomic E-state index is 11.6. The Labute approximate surface area is 137 Å². The molecule has 0 fully saturated rings. The highest BCUT2D eigenvalue weighted by molar-refractivity contribution is 7.15. The average molecular weight is 344 g/mol. The standard InChI is InChI=1S/C14H15Cl2N3OS/c15-10-3-4-12(16)9(6-10)7-11-8-18-14(21-11)19-13(20)2-1-5-17/h3-4,6,8H,1-2,5,7,17H2,(H,18,19,20). The number of aromatic nitrogens is 1. The topological polar surface area (TPSA) is 68.0 Å². The molecule has 1 aromatic heterocycles. The number of anilines is 1. The van der Waals surface area contributed by atoms with E-state index in [1.807, 2.05) is 6.07 Å². The first-order valence-electron chi connectivity index (χ1n) is 6.47. The van der Waals surface area contributed by atoms with E-state index in [-0.39, 0.29) is 5.91 Å². The highest BCUT2D eigenvalue weighted by Crippen LogP contribution is 2.26. The van der Waals surface area contributed by atoms with Crippen LogP contribution in [0.15, 0.2) is 24.4 Å². The zero-order chi connectivity index (χ0) is 15.2. The number of benzene rings is 1. The second kappa shape index (κ2) is 7.75. The first-order chi connectivity index (χ1) is 10.1. The molecule has 3 N–H and O–H groups in total. The van der Waals surface area contributed by atoms with Crippen LogP contribution in [0.2, 0.25) is 10.0 Å². The quantitative estimate of drug-likeness (QED) is 0.839. The van der Waals surface area contributed by atoms with Gasteiger partial charge in [-0.1, -0.05) is 23.2 Å². The van der Waals surface area contributed by atoms with Crippen molar-refractivity contribution in [3.63, 3.8) is 0 Å². The lowest BCUT2D eigenvalue weighted by Crippen LogP contribution is -2.13. The van der Waals surface area contributed by atoms with Gasteiger partial charge < -0.3 is 11.1 Å². The normalized spacial score (nSPS) is 10.6. The number of carbonyl (C=O) groups excluding carboxylic acids is 1. The highest BCUT2D eigenvalue weighted by Gasteiger charge is 2.09. The minimum Gasteiger partial charge on any atom is -0.330 e. The smallest absolute Gasteiger partial charge is 0.226 e. The van der Waals surface area contributed by atoms with Crippen LogP contribution in [0.4, 0.5) is 5.13 Å². The largest absolute Gasteiger partial charge is 0.330 e. The summed E-state index contributed by atoms with van der Waals surface area (Å²) in [6.45, 7) is 0.504. The molecule has 1 amide bonds. The molecule has 0 aliphatic rings. The van der Waals surface area contributed by atoms with E-state index in [1.54, 1.807) is 18.3 Å². The van der Waals surface area contributed by atoms with Crippen LogP contribution in [0.25, 0.3) is 0 Å². The van der Waals surface area contributed by atoms with Crippen LogP contribution < -0.4 is 11.1 Å². The molecule has 21 heavy (non-hydrogen) atoms. The summed E-state index contributed by atoms with van der Waals surface area (Å²) >= 11 is 13.5. The predicted octanol–water partition coefficient (Wildman–Crippen LogP) is 3.72. The Balaban J connectivity index is 2.00. The van der Waals surface area contributed by atoms with Gasteiger partial charge in [-0.15, -0.1) is 11.3 Å². The molecule has 1 aromatic carbocycles. The van der Waals surface area contributed by atoms with Gasteiger partial charge in [0.25, 0.3) is 0 Å². The van der Waals surface area contributed by atoms with Gasteiger partial charge in [-0.2, -0.15) is 0 Å². The van der Waals surface area contributed by atoms with E-state index >= 15 is 0 Å². The lowest BCUT2D eigenvalue weighted by molar-refractivity contribution is -0.116. The van der Waals surface area contributed by atoms with Crippen molar-refractivity contribution < 1.29 is 4.79 Å². The van der Waals surface area contributed by atoms with Crippen LogP contribution in [0.5, 0.6) is 0 Å². The number of rotatable bonds is 6. The zero-order valence-corrected chi connectivity index (χ0v) is 13.6. The summed E-state index contributed by atoms with van der Waals surface area (Å²) in [5.41, 5.74) is 6.31. The Kier molecular flexibility index (Phi) is 5.99. The Hall–Kier alpha value is -1.14. The molecule has 0 atom stereocenters. The van der Waals surface area contributed by atoms with Gasteiger partial charge in [-0.05, 0) is 36.7 Å². The molecule has 1 heterocycles. The van der Waals surface area contributed by atoms with Gasteiger partial charge in [0.15, 0.2) is 5.13 Å². The van der Waals surface area contributed by atoms with Crippen molar-refractivity contribution in [3.05, 3.63) is 44.9 Å². The lowest BCUT2D eigenvalue weighted by Gasteiger charge is -2.02. The molecule has 2 aromatic rings. The van der Waals surface area contributed by atoms with Gasteiger partial charge >= 0.3 is 0 Å². The number of hydrogen-bond acceptors (Lipinski definition) is 4. The molecule has 0 aliphatic heterocycles. The monoisotopic (exact) mass is 343 g/mol. The molecule has 0 saturated heterocycles. The van der Waals surface area contributed by atoms with Crippen molar-refractivity contribution in [3.8, 4) is 0 Å². The maximum Gasteiger partial charge on any atom is 0.226 e. The number of nitrogens with two attached hydrogens (primary N) is 1. The van der Waals surface area contributed by atoms with Crippen molar-refractivity contribution in [1.82, 2.24) is 4.98 Å². The van der Waals surface area contributed by atoms with Crippen LogP contribution in [0.1, 0.15) is 23.3 Å². The zero-order valence-electron chi connectivity index (χ0n) is 11.2. The van der Waals surface area contributed by atoms with Crippen LogP contribution in [-0.2, 0) is 11.2 Å². The number of amides is 1. The van der Waals surface area contributed by atoms with Crippen molar-refractivity contribution in [2.45, 2.75) is 19.3 Å². The molecule has 0 radical (unpaired) electrons. The fourth-order valence-corrected chi connectivity index (χ4v) is 2.99. The summed E-state index contributed by atoms with van der Waals surface area (Å²) in [7, 11) is 0. The molecule has 0 spiro atoms. The van der Waals surface area contributed by atoms with Crippen LogP contribution in [-0.4, -0.2) is 17.4 Å². The van der Waals surface area contributed by atoms with E-state index in [0.29, 0.717) is 41.0 Å². The Bertz CT molecular complexity index is 630. The Morgan fingerprint density at radius 1 is 1.38 bits per heavy atom. The predicted molar refractivity (Wildman–Crippen MR) is 88.3 cm³/mol. The van der Waals surface area contributed by atoms with E-state index in [0.717, 1.165) is 10.4 Å². The lowest BCUT2D eigenvalue weighted by atomic mass is 10.1. The van der Waals surface area contributed by atoms with Crippen molar-refractivity contribution in [2.24, 2.45) is 5.73 Å². The summed E-state index contributed by atoms with van der Waals surface area (Å²) in [5, 5.41) is 4.67. The van der Waals surface area contributed by atoms with Gasteiger partial charge in [0.05, 0.1) is 0 Å². The second-order valence-corrected chi connectivity index (χ2v) is 6.44. The van der Waals surface area contributed by atoms with E-state index in [4.69, 9.17) is 28.9 Å². The number of carbonyl (C=O) groups is 1. The first kappa shape index (κ1) is 16.2. The molecular formula is C14H15Cl2N3OS. The average Bonchev–Trinajstić information content (AvgIpc) is 2.88. The molecule has 112 valence electrons. The fraction of sp³-hybridized carbons (Fsp3) is 0.286. The highest BCUT2D eigenvalue weighted by atomic mass is 35.5. The van der Waals surface area contributed by atoms with E-state index in [9.17, 15) is 4.79 Å². The number of thiazole rings is 1. The van der Waals surface area contributed by atoms with Crippen molar-refractivity contribution >= 4 is 45.6 Å². The van der Waals surface area contributed by atoms with Gasteiger partial charge in [0.1, 0.15) is 0 Å². The summed E-state index contributed by atoms with van der Waals surface area (Å²) in [6, 6.07) is 5.36. The minimum atomic E-state index is -0.0675. The second-order valence-electron chi connectivity index (χ2n) is 4.48. The molecule has 4 nitrogen and oxygen atoms in total. The third-order valence-corrected chi connectivity index (χ3v) is 4.30. The molecule has 0 aliphatic carbocycles. The SMILES string of the molecule is NCCCC(=O)Nc1ncc(Cc2cc(Cl)ccc2Cl)s1. The van der Waals surface area contributed by atoms with Gasteiger partial charge in [0, 0.05) is 34.0 Å². The number of nitrogens with zero attached hydrogens (tertiary/aromatic N) is 1. The maximum absolute atomic E-state index is 11.6. The summed E-state index contributed by atoms with van der Waals surface area (Å²) < 4.78 is 0. The molecule has 7 heteroatoms. The van der Waals surface area contributed by atoms with E-state index in [1.165, 1.54) is 11.3 Å². The molecular weight excluding hydrogens is 329 g/mol. The van der Waals surface area contributed by atoms with E-state index < -0.39 is 0 Å². The van der Waals surface area contributed by atoms with E-state index in [2.05, 4.69) is 10.3 Å².